The van der Waals surface area contributed by atoms with Crippen LogP contribution < -0.4 is 4.57 Å². The van der Waals surface area contributed by atoms with Crippen molar-refractivity contribution >= 4 is 23.7 Å². The first-order chi connectivity index (χ1) is 8.97. The maximum absolute atomic E-state index is 12.3. The first kappa shape index (κ1) is 11.9. The van der Waals surface area contributed by atoms with E-state index in [0.717, 1.165) is 23.1 Å². The van der Waals surface area contributed by atoms with Gasteiger partial charge in [-0.1, -0.05) is 4.99 Å². The SMILES string of the molecule is CCn1c(C)c[n+]2c1N=C1C2C(=O)N(C)C(=O)N1C. The summed E-state index contributed by atoms with van der Waals surface area (Å²) in [6.45, 7) is 4.79. The van der Waals surface area contributed by atoms with Crippen LogP contribution in [0.3, 0.4) is 0 Å². The average molecular weight is 262 g/mol. The summed E-state index contributed by atoms with van der Waals surface area (Å²) in [6, 6.07) is -0.861. The van der Waals surface area contributed by atoms with Crippen molar-refractivity contribution in [2.45, 2.75) is 26.4 Å². The highest BCUT2D eigenvalue weighted by atomic mass is 16.2. The van der Waals surface area contributed by atoms with E-state index in [1.165, 1.54) is 11.9 Å². The fourth-order valence-electron chi connectivity index (χ4n) is 2.70. The number of amides is 3. The standard InChI is InChI=1S/C12H16N5O2/c1-5-16-7(2)6-17-8-9(13-11(16)17)14(3)12(19)15(4)10(8)18/h6,8H,5H2,1-4H3/q+1. The van der Waals surface area contributed by atoms with E-state index >= 15 is 0 Å². The lowest BCUT2D eigenvalue weighted by molar-refractivity contribution is -0.677. The molecule has 0 spiro atoms. The summed E-state index contributed by atoms with van der Waals surface area (Å²) >= 11 is 0. The topological polar surface area (TPSA) is 61.8 Å². The van der Waals surface area contributed by atoms with Crippen LogP contribution in [0, 0.1) is 6.92 Å². The first-order valence-corrected chi connectivity index (χ1v) is 6.22. The van der Waals surface area contributed by atoms with Gasteiger partial charge in [0, 0.05) is 14.1 Å². The second-order valence-electron chi connectivity index (χ2n) is 4.83. The molecule has 2 aliphatic heterocycles. The second-order valence-corrected chi connectivity index (χ2v) is 4.83. The first-order valence-electron chi connectivity index (χ1n) is 6.22. The molecule has 7 heteroatoms. The number of aliphatic imine (C=N–C) groups is 1. The molecule has 0 radical (unpaired) electrons. The monoisotopic (exact) mass is 262 g/mol. The van der Waals surface area contributed by atoms with Crippen molar-refractivity contribution < 1.29 is 14.2 Å². The lowest BCUT2D eigenvalue weighted by Gasteiger charge is -2.30. The summed E-state index contributed by atoms with van der Waals surface area (Å²) in [5.74, 6) is 0.993. The number of nitrogens with zero attached hydrogens (tertiary/aromatic N) is 5. The molecule has 19 heavy (non-hydrogen) atoms. The average Bonchev–Trinajstić information content (AvgIpc) is 2.88. The smallest absolute Gasteiger partial charge is 0.270 e. The zero-order valence-electron chi connectivity index (χ0n) is 11.4. The Kier molecular flexibility index (Phi) is 2.29. The highest BCUT2D eigenvalue weighted by Crippen LogP contribution is 2.28. The Labute approximate surface area is 110 Å². The molecular formula is C12H16N5O2+. The van der Waals surface area contributed by atoms with E-state index < -0.39 is 6.04 Å². The maximum atomic E-state index is 12.3. The number of urea groups is 1. The van der Waals surface area contributed by atoms with Crippen LogP contribution in [0.1, 0.15) is 18.7 Å². The molecule has 3 amide bonds. The van der Waals surface area contributed by atoms with Crippen molar-refractivity contribution in [2.24, 2.45) is 4.99 Å². The number of imidazole rings is 1. The van der Waals surface area contributed by atoms with Crippen LogP contribution in [0.25, 0.3) is 0 Å². The minimum Gasteiger partial charge on any atom is -0.270 e. The summed E-state index contributed by atoms with van der Waals surface area (Å²) in [6.07, 6.45) is 1.91. The van der Waals surface area contributed by atoms with Gasteiger partial charge in [0.2, 0.25) is 11.9 Å². The molecule has 1 saturated heterocycles. The highest BCUT2D eigenvalue weighted by molar-refractivity contribution is 6.18. The van der Waals surface area contributed by atoms with Crippen molar-refractivity contribution in [1.29, 1.82) is 0 Å². The summed E-state index contributed by atoms with van der Waals surface area (Å²) in [5, 5.41) is 0. The van der Waals surface area contributed by atoms with Crippen LogP contribution in [-0.4, -0.2) is 46.2 Å². The van der Waals surface area contributed by atoms with Gasteiger partial charge in [0.05, 0.1) is 6.54 Å². The van der Waals surface area contributed by atoms with E-state index in [4.69, 9.17) is 0 Å². The van der Waals surface area contributed by atoms with E-state index in [9.17, 15) is 9.59 Å². The van der Waals surface area contributed by atoms with Gasteiger partial charge in [0.1, 0.15) is 11.9 Å². The van der Waals surface area contributed by atoms with E-state index in [1.54, 1.807) is 7.05 Å². The summed E-state index contributed by atoms with van der Waals surface area (Å²) < 4.78 is 3.87. The van der Waals surface area contributed by atoms with Crippen LogP contribution in [0.4, 0.5) is 10.7 Å². The molecule has 3 heterocycles. The number of amidine groups is 1. The van der Waals surface area contributed by atoms with Gasteiger partial charge in [-0.3, -0.25) is 14.6 Å². The lowest BCUT2D eigenvalue weighted by atomic mass is 10.2. The minimum atomic E-state index is -0.519. The number of aromatic nitrogens is 2. The zero-order valence-corrected chi connectivity index (χ0v) is 11.4. The fourth-order valence-corrected chi connectivity index (χ4v) is 2.70. The predicted octanol–water partition coefficient (Wildman–Crippen LogP) is 0.212. The van der Waals surface area contributed by atoms with Crippen LogP contribution in [0.2, 0.25) is 0 Å². The molecule has 1 aromatic rings. The van der Waals surface area contributed by atoms with Crippen molar-refractivity contribution in [3.63, 3.8) is 0 Å². The van der Waals surface area contributed by atoms with Crippen molar-refractivity contribution in [3.05, 3.63) is 11.9 Å². The van der Waals surface area contributed by atoms with Gasteiger partial charge in [0.25, 0.3) is 5.91 Å². The largest absolute Gasteiger partial charge is 0.401 e. The Hall–Kier alpha value is -2.18. The van der Waals surface area contributed by atoms with Gasteiger partial charge in [-0.15, -0.1) is 0 Å². The van der Waals surface area contributed by atoms with Gasteiger partial charge in [-0.05, 0) is 13.8 Å². The number of hydrogen-bond donors (Lipinski definition) is 0. The maximum Gasteiger partial charge on any atom is 0.401 e. The van der Waals surface area contributed by atoms with Crippen LogP contribution in [-0.2, 0) is 11.3 Å². The summed E-state index contributed by atoms with van der Waals surface area (Å²) in [7, 11) is 3.15. The van der Waals surface area contributed by atoms with Gasteiger partial charge < -0.3 is 0 Å². The molecule has 0 saturated carbocycles. The Morgan fingerprint density at radius 3 is 2.63 bits per heavy atom. The van der Waals surface area contributed by atoms with Crippen molar-refractivity contribution in [1.82, 2.24) is 14.4 Å². The van der Waals surface area contributed by atoms with Gasteiger partial charge in [0.15, 0.2) is 0 Å². The molecular weight excluding hydrogens is 246 g/mol. The van der Waals surface area contributed by atoms with Crippen LogP contribution in [0.15, 0.2) is 11.2 Å². The Bertz CT molecular complexity index is 630. The van der Waals surface area contributed by atoms with E-state index in [0.29, 0.717) is 5.84 Å². The number of aryl methyl sites for hydroxylation is 1. The molecule has 0 aromatic carbocycles. The minimum absolute atomic E-state index is 0.237. The number of likely N-dealkylation sites (N-methyl/N-ethyl adjacent to an activating group) is 2. The summed E-state index contributed by atoms with van der Waals surface area (Å²) in [5.41, 5.74) is 1.05. The van der Waals surface area contributed by atoms with Gasteiger partial charge in [-0.25, -0.2) is 13.9 Å². The number of rotatable bonds is 1. The molecule has 7 nitrogen and oxygen atoms in total. The molecule has 2 aliphatic rings. The van der Waals surface area contributed by atoms with Gasteiger partial charge in [-0.2, -0.15) is 0 Å². The number of carbonyl (C=O) groups is 2. The third-order valence-corrected chi connectivity index (χ3v) is 3.76. The molecule has 3 rings (SSSR count). The Balaban J connectivity index is 2.19. The lowest BCUT2D eigenvalue weighted by Crippen LogP contribution is -2.61. The quantitative estimate of drug-likeness (QED) is 0.679. The van der Waals surface area contributed by atoms with E-state index in [-0.39, 0.29) is 11.9 Å². The van der Waals surface area contributed by atoms with Crippen LogP contribution >= 0.6 is 0 Å². The molecule has 1 unspecified atom stereocenters. The molecule has 0 bridgehead atoms. The predicted molar refractivity (Wildman–Crippen MR) is 67.1 cm³/mol. The highest BCUT2D eigenvalue weighted by Gasteiger charge is 2.51. The molecule has 100 valence electrons. The number of imide groups is 1. The van der Waals surface area contributed by atoms with Crippen molar-refractivity contribution in [3.8, 4) is 0 Å². The normalized spacial score (nSPS) is 21.7. The molecule has 1 fully saturated rings. The third-order valence-electron chi connectivity index (χ3n) is 3.76. The molecule has 0 aliphatic carbocycles. The van der Waals surface area contributed by atoms with E-state index in [1.807, 2.05) is 29.2 Å². The van der Waals surface area contributed by atoms with Crippen LogP contribution in [0.5, 0.6) is 0 Å². The van der Waals surface area contributed by atoms with E-state index in [2.05, 4.69) is 4.99 Å². The Morgan fingerprint density at radius 2 is 2.00 bits per heavy atom. The second kappa shape index (κ2) is 3.66. The Morgan fingerprint density at radius 1 is 1.32 bits per heavy atom. The zero-order chi connectivity index (χ0) is 13.9. The molecule has 1 aromatic heterocycles. The molecule has 0 N–H and O–H groups in total. The fraction of sp³-hybridized carbons (Fsp3) is 0.500. The molecule has 1 atom stereocenters. The number of fused-ring (bicyclic) bond motifs is 3. The third kappa shape index (κ3) is 1.32. The summed E-state index contributed by atoms with van der Waals surface area (Å²) in [4.78, 5) is 31.3. The van der Waals surface area contributed by atoms with Gasteiger partial charge >= 0.3 is 12.0 Å². The number of hydrogen-bond acceptors (Lipinski definition) is 3. The van der Waals surface area contributed by atoms with Crippen molar-refractivity contribution in [2.75, 3.05) is 14.1 Å². The number of carbonyl (C=O) groups excluding carboxylic acids is 2.